The molecule has 1 fully saturated rings. The molecule has 3 rings (SSSR count). The Labute approximate surface area is 146 Å². The summed E-state index contributed by atoms with van der Waals surface area (Å²) < 4.78 is 39.6. The lowest BCUT2D eigenvalue weighted by Crippen LogP contribution is -2.36. The van der Waals surface area contributed by atoms with Crippen molar-refractivity contribution >= 4 is 17.6 Å². The van der Waals surface area contributed by atoms with Crippen LogP contribution < -0.4 is 5.73 Å². The van der Waals surface area contributed by atoms with Gasteiger partial charge < -0.3 is 10.6 Å². The predicted octanol–water partition coefficient (Wildman–Crippen LogP) is 3.38. The highest BCUT2D eigenvalue weighted by Crippen LogP contribution is 2.33. The molecule has 10 heteroatoms. The summed E-state index contributed by atoms with van der Waals surface area (Å²) in [6.45, 7) is -0.902. The van der Waals surface area contributed by atoms with Gasteiger partial charge >= 0.3 is 12.2 Å². The molecule has 0 bridgehead atoms. The molecule has 2 aromatic rings. The summed E-state index contributed by atoms with van der Waals surface area (Å²) in [7, 11) is 0. The van der Waals surface area contributed by atoms with Crippen molar-refractivity contribution in [2.24, 2.45) is 5.73 Å². The Hall–Kier alpha value is -2.29. The molecule has 0 unspecified atom stereocenters. The second kappa shape index (κ2) is 6.55. The lowest BCUT2D eigenvalue weighted by molar-refractivity contribution is -0.143. The van der Waals surface area contributed by atoms with Gasteiger partial charge in [-0.25, -0.2) is 14.5 Å². The number of hydrogen-bond donors (Lipinski definition) is 1. The molecule has 1 saturated heterocycles. The molecule has 25 heavy (non-hydrogen) atoms. The Morgan fingerprint density at radius 3 is 2.60 bits per heavy atom. The highest BCUT2D eigenvalue weighted by Gasteiger charge is 2.36. The number of amides is 2. The number of benzene rings is 1. The number of urea groups is 1. The zero-order valence-electron chi connectivity index (χ0n) is 13.0. The summed E-state index contributed by atoms with van der Waals surface area (Å²) in [6, 6.07) is 5.16. The summed E-state index contributed by atoms with van der Waals surface area (Å²) in [5, 5.41) is 4.49. The van der Waals surface area contributed by atoms with Crippen LogP contribution in [-0.4, -0.2) is 38.4 Å². The molecule has 6 nitrogen and oxygen atoms in total. The van der Waals surface area contributed by atoms with Gasteiger partial charge in [-0.15, -0.1) is 0 Å². The third-order valence-corrected chi connectivity index (χ3v) is 4.22. The number of aromatic nitrogens is 3. The quantitative estimate of drug-likeness (QED) is 0.896. The van der Waals surface area contributed by atoms with Gasteiger partial charge in [0, 0.05) is 17.1 Å². The molecule has 2 N–H and O–H groups in total. The zero-order valence-corrected chi connectivity index (χ0v) is 13.8. The molecule has 1 aliphatic rings. The number of halogens is 4. The topological polar surface area (TPSA) is 77.0 Å². The van der Waals surface area contributed by atoms with Gasteiger partial charge in [0.25, 0.3) is 0 Å². The molecule has 1 aromatic carbocycles. The normalized spacial score (nSPS) is 17.9. The molecule has 2 amide bonds. The van der Waals surface area contributed by atoms with E-state index >= 15 is 0 Å². The maximum Gasteiger partial charge on any atom is 0.408 e. The fourth-order valence-corrected chi connectivity index (χ4v) is 3.03. The van der Waals surface area contributed by atoms with Crippen LogP contribution in [0.4, 0.5) is 18.0 Å². The van der Waals surface area contributed by atoms with Crippen LogP contribution in [0.25, 0.3) is 11.4 Å². The van der Waals surface area contributed by atoms with Crippen molar-refractivity contribution < 1.29 is 18.0 Å². The van der Waals surface area contributed by atoms with Crippen LogP contribution in [0, 0.1) is 0 Å². The zero-order chi connectivity index (χ0) is 18.2. The van der Waals surface area contributed by atoms with E-state index in [9.17, 15) is 18.0 Å². The molecule has 0 radical (unpaired) electrons. The molecule has 0 saturated carbocycles. The fourth-order valence-electron chi connectivity index (χ4n) is 2.91. The van der Waals surface area contributed by atoms with Gasteiger partial charge in [0.2, 0.25) is 0 Å². The maximum atomic E-state index is 12.9. The van der Waals surface area contributed by atoms with Crippen LogP contribution in [0.5, 0.6) is 0 Å². The molecular weight excluding hydrogens is 359 g/mol. The summed E-state index contributed by atoms with van der Waals surface area (Å²) in [6.07, 6.45) is -3.34. The van der Waals surface area contributed by atoms with Gasteiger partial charge in [-0.1, -0.05) is 11.6 Å². The molecule has 1 aliphatic heterocycles. The standard InChI is InChI=1S/C15H15ClF3N5O/c16-10-5-3-9(4-6-10)12-21-13(24(22-12)8-15(17,18)19)11-2-1-7-23(11)14(20)25/h3-6,11H,1-2,7-8H2,(H2,20,25)/t11-/m0/s1. The molecule has 134 valence electrons. The smallest absolute Gasteiger partial charge is 0.351 e. The van der Waals surface area contributed by atoms with E-state index < -0.39 is 24.8 Å². The number of hydrogen-bond acceptors (Lipinski definition) is 3. The average Bonchev–Trinajstić information content (AvgIpc) is 3.12. The second-order valence-electron chi connectivity index (χ2n) is 5.76. The number of primary amides is 1. The van der Waals surface area contributed by atoms with E-state index in [1.54, 1.807) is 24.3 Å². The predicted molar refractivity (Wildman–Crippen MR) is 84.8 cm³/mol. The van der Waals surface area contributed by atoms with E-state index in [1.807, 2.05) is 0 Å². The Morgan fingerprint density at radius 2 is 2.00 bits per heavy atom. The highest BCUT2D eigenvalue weighted by molar-refractivity contribution is 6.30. The number of rotatable bonds is 3. The molecule has 1 atom stereocenters. The van der Waals surface area contributed by atoms with E-state index in [-0.39, 0.29) is 11.6 Å². The van der Waals surface area contributed by atoms with Gasteiger partial charge in [-0.3, -0.25) is 0 Å². The first-order chi connectivity index (χ1) is 11.7. The van der Waals surface area contributed by atoms with Crippen LogP contribution in [0.1, 0.15) is 24.7 Å². The van der Waals surface area contributed by atoms with Gasteiger partial charge in [-0.05, 0) is 37.1 Å². The minimum atomic E-state index is -4.46. The Kier molecular flexibility index (Phi) is 4.59. The lowest BCUT2D eigenvalue weighted by atomic mass is 10.2. The van der Waals surface area contributed by atoms with E-state index in [0.717, 1.165) is 4.68 Å². The largest absolute Gasteiger partial charge is 0.408 e. The third-order valence-electron chi connectivity index (χ3n) is 3.97. The van der Waals surface area contributed by atoms with Gasteiger partial charge in [0.1, 0.15) is 6.54 Å². The number of carbonyl (C=O) groups is 1. The number of nitrogens with two attached hydrogens (primary N) is 1. The Morgan fingerprint density at radius 1 is 1.32 bits per heavy atom. The summed E-state index contributed by atoms with van der Waals surface area (Å²) >= 11 is 5.83. The molecule has 1 aromatic heterocycles. The minimum absolute atomic E-state index is 0.0820. The van der Waals surface area contributed by atoms with Crippen molar-refractivity contribution in [1.29, 1.82) is 0 Å². The van der Waals surface area contributed by atoms with Crippen LogP contribution in [0.2, 0.25) is 5.02 Å². The van der Waals surface area contributed by atoms with Crippen LogP contribution in [0.15, 0.2) is 24.3 Å². The Bertz CT molecular complexity index is 774. The number of nitrogens with zero attached hydrogens (tertiary/aromatic N) is 4. The summed E-state index contributed by atoms with van der Waals surface area (Å²) in [4.78, 5) is 17.1. The number of likely N-dealkylation sites (tertiary alicyclic amines) is 1. The maximum absolute atomic E-state index is 12.9. The van der Waals surface area contributed by atoms with Crippen molar-refractivity contribution in [3.63, 3.8) is 0 Å². The van der Waals surface area contributed by atoms with Crippen LogP contribution >= 0.6 is 11.6 Å². The lowest BCUT2D eigenvalue weighted by Gasteiger charge is -2.22. The van der Waals surface area contributed by atoms with E-state index in [4.69, 9.17) is 17.3 Å². The first kappa shape index (κ1) is 17.5. The van der Waals surface area contributed by atoms with Gasteiger partial charge in [0.15, 0.2) is 11.6 Å². The van der Waals surface area contributed by atoms with Crippen molar-refractivity contribution in [2.45, 2.75) is 31.6 Å². The van der Waals surface area contributed by atoms with E-state index in [2.05, 4.69) is 10.1 Å². The summed E-state index contributed by atoms with van der Waals surface area (Å²) in [5.74, 6) is 0.228. The molecule has 0 spiro atoms. The SMILES string of the molecule is NC(=O)N1CCC[C@H]1c1nc(-c2ccc(Cl)cc2)nn1CC(F)(F)F. The average molecular weight is 374 g/mol. The second-order valence-corrected chi connectivity index (χ2v) is 6.20. The number of carbonyl (C=O) groups excluding carboxylic acids is 1. The van der Waals surface area contributed by atoms with E-state index in [1.165, 1.54) is 4.90 Å². The van der Waals surface area contributed by atoms with Gasteiger partial charge in [0.05, 0.1) is 6.04 Å². The molecule has 0 aliphatic carbocycles. The first-order valence-corrected chi connectivity index (χ1v) is 7.96. The first-order valence-electron chi connectivity index (χ1n) is 7.58. The van der Waals surface area contributed by atoms with Crippen molar-refractivity contribution in [3.8, 4) is 11.4 Å². The highest BCUT2D eigenvalue weighted by atomic mass is 35.5. The Balaban J connectivity index is 2.03. The number of alkyl halides is 3. The van der Waals surface area contributed by atoms with Crippen molar-refractivity contribution in [3.05, 3.63) is 35.1 Å². The van der Waals surface area contributed by atoms with Crippen molar-refractivity contribution in [1.82, 2.24) is 19.7 Å². The third kappa shape index (κ3) is 3.87. The minimum Gasteiger partial charge on any atom is -0.351 e. The molecular formula is C15H15ClF3N5O. The van der Waals surface area contributed by atoms with Gasteiger partial charge in [-0.2, -0.15) is 18.3 Å². The van der Waals surface area contributed by atoms with E-state index in [0.29, 0.717) is 30.0 Å². The summed E-state index contributed by atoms with van der Waals surface area (Å²) in [5.41, 5.74) is 5.87. The fraction of sp³-hybridized carbons (Fsp3) is 0.400. The molecule has 2 heterocycles. The van der Waals surface area contributed by atoms with Crippen LogP contribution in [0.3, 0.4) is 0 Å². The van der Waals surface area contributed by atoms with Crippen molar-refractivity contribution in [2.75, 3.05) is 6.54 Å². The monoisotopic (exact) mass is 373 g/mol. The van der Waals surface area contributed by atoms with Crippen LogP contribution in [-0.2, 0) is 6.54 Å².